The van der Waals surface area contributed by atoms with Gasteiger partial charge in [-0.1, -0.05) is 18.2 Å². The predicted octanol–water partition coefficient (Wildman–Crippen LogP) is 2.19. The zero-order valence-electron chi connectivity index (χ0n) is 12.5. The Kier molecular flexibility index (Phi) is 3.96. The van der Waals surface area contributed by atoms with E-state index in [-0.39, 0.29) is 11.8 Å². The van der Waals surface area contributed by atoms with E-state index in [1.165, 1.54) is 6.26 Å². The third-order valence-electron chi connectivity index (χ3n) is 3.96. The average molecular weight is 298 g/mol. The highest BCUT2D eigenvalue weighted by molar-refractivity contribution is 5.96. The smallest absolute Gasteiger partial charge is 0.289 e. The van der Waals surface area contributed by atoms with Gasteiger partial charge in [0.2, 0.25) is 0 Å². The standard InChI is InChI=1S/C17H18N2O3/c1-13-5-2-3-6-14(13)16(20)18-8-10-19(11-9-18)17(21)15-7-4-12-22-15/h2-7,12H,8-11H2,1H3. The Hall–Kier alpha value is -2.56. The van der Waals surface area contributed by atoms with Crippen LogP contribution in [0.15, 0.2) is 47.1 Å². The molecule has 0 N–H and O–H groups in total. The van der Waals surface area contributed by atoms with E-state index in [0.717, 1.165) is 11.1 Å². The van der Waals surface area contributed by atoms with E-state index in [1.807, 2.05) is 31.2 Å². The number of aryl methyl sites for hydroxylation is 1. The molecule has 1 aliphatic heterocycles. The Balaban J connectivity index is 1.63. The lowest BCUT2D eigenvalue weighted by Gasteiger charge is -2.34. The van der Waals surface area contributed by atoms with Gasteiger partial charge in [0, 0.05) is 31.7 Å². The molecule has 0 unspecified atom stereocenters. The van der Waals surface area contributed by atoms with E-state index in [0.29, 0.717) is 31.9 Å². The van der Waals surface area contributed by atoms with Gasteiger partial charge in [0.1, 0.15) is 0 Å². The van der Waals surface area contributed by atoms with E-state index < -0.39 is 0 Å². The van der Waals surface area contributed by atoms with Gasteiger partial charge in [-0.15, -0.1) is 0 Å². The summed E-state index contributed by atoms with van der Waals surface area (Å²) in [7, 11) is 0. The fourth-order valence-electron chi connectivity index (χ4n) is 2.65. The van der Waals surface area contributed by atoms with Crippen molar-refractivity contribution in [1.29, 1.82) is 0 Å². The molecule has 0 bridgehead atoms. The predicted molar refractivity (Wildman–Crippen MR) is 81.7 cm³/mol. The van der Waals surface area contributed by atoms with Crippen molar-refractivity contribution in [3.63, 3.8) is 0 Å². The van der Waals surface area contributed by atoms with Gasteiger partial charge in [0.25, 0.3) is 11.8 Å². The van der Waals surface area contributed by atoms with Crippen LogP contribution in [0.4, 0.5) is 0 Å². The van der Waals surface area contributed by atoms with Crippen LogP contribution in [0.5, 0.6) is 0 Å². The van der Waals surface area contributed by atoms with Gasteiger partial charge in [0.05, 0.1) is 6.26 Å². The topological polar surface area (TPSA) is 53.8 Å². The lowest BCUT2D eigenvalue weighted by Crippen LogP contribution is -2.50. The number of hydrogen-bond donors (Lipinski definition) is 0. The van der Waals surface area contributed by atoms with Crippen molar-refractivity contribution in [2.45, 2.75) is 6.92 Å². The summed E-state index contributed by atoms with van der Waals surface area (Å²) in [5.41, 5.74) is 1.70. The first kappa shape index (κ1) is 14.4. The van der Waals surface area contributed by atoms with Crippen LogP contribution < -0.4 is 0 Å². The van der Waals surface area contributed by atoms with E-state index in [4.69, 9.17) is 4.42 Å². The molecule has 5 nitrogen and oxygen atoms in total. The number of piperazine rings is 1. The van der Waals surface area contributed by atoms with Gasteiger partial charge in [0.15, 0.2) is 5.76 Å². The summed E-state index contributed by atoms with van der Waals surface area (Å²) in [5.74, 6) is 0.259. The highest BCUT2D eigenvalue weighted by Crippen LogP contribution is 2.14. The molecule has 1 fully saturated rings. The largest absolute Gasteiger partial charge is 0.459 e. The molecule has 0 saturated carbocycles. The van der Waals surface area contributed by atoms with Crippen LogP contribution in [-0.2, 0) is 0 Å². The Labute approximate surface area is 129 Å². The normalized spacial score (nSPS) is 15.0. The summed E-state index contributed by atoms with van der Waals surface area (Å²) >= 11 is 0. The van der Waals surface area contributed by atoms with Crippen LogP contribution >= 0.6 is 0 Å². The Morgan fingerprint density at radius 2 is 1.55 bits per heavy atom. The van der Waals surface area contributed by atoms with Crippen LogP contribution in [0, 0.1) is 6.92 Å². The van der Waals surface area contributed by atoms with Gasteiger partial charge in [-0.2, -0.15) is 0 Å². The summed E-state index contributed by atoms with van der Waals surface area (Å²) in [6, 6.07) is 10.9. The summed E-state index contributed by atoms with van der Waals surface area (Å²) in [6.45, 7) is 4.07. The van der Waals surface area contributed by atoms with Crippen molar-refractivity contribution in [2.24, 2.45) is 0 Å². The fraction of sp³-hybridized carbons (Fsp3) is 0.294. The van der Waals surface area contributed by atoms with Crippen LogP contribution in [0.25, 0.3) is 0 Å². The zero-order valence-corrected chi connectivity index (χ0v) is 12.5. The van der Waals surface area contributed by atoms with E-state index in [1.54, 1.807) is 21.9 Å². The van der Waals surface area contributed by atoms with Gasteiger partial charge in [-0.25, -0.2) is 0 Å². The number of rotatable bonds is 2. The number of furan rings is 1. The molecule has 1 aromatic heterocycles. The van der Waals surface area contributed by atoms with Crippen molar-refractivity contribution in [2.75, 3.05) is 26.2 Å². The lowest BCUT2D eigenvalue weighted by atomic mass is 10.1. The van der Waals surface area contributed by atoms with Crippen molar-refractivity contribution in [3.05, 3.63) is 59.5 Å². The van der Waals surface area contributed by atoms with E-state index in [9.17, 15) is 9.59 Å². The molecule has 2 aromatic rings. The van der Waals surface area contributed by atoms with Crippen molar-refractivity contribution >= 4 is 11.8 Å². The Morgan fingerprint density at radius 1 is 0.909 bits per heavy atom. The van der Waals surface area contributed by atoms with Crippen molar-refractivity contribution in [1.82, 2.24) is 9.80 Å². The molecular formula is C17H18N2O3. The van der Waals surface area contributed by atoms with Crippen molar-refractivity contribution in [3.8, 4) is 0 Å². The summed E-state index contributed by atoms with van der Waals surface area (Å²) in [6.07, 6.45) is 1.49. The highest BCUT2D eigenvalue weighted by atomic mass is 16.3. The number of hydrogen-bond acceptors (Lipinski definition) is 3. The molecule has 22 heavy (non-hydrogen) atoms. The third-order valence-corrected chi connectivity index (χ3v) is 3.96. The first-order valence-electron chi connectivity index (χ1n) is 7.34. The molecule has 2 amide bonds. The van der Waals surface area contributed by atoms with E-state index in [2.05, 4.69) is 0 Å². The van der Waals surface area contributed by atoms with Gasteiger partial charge < -0.3 is 14.2 Å². The molecule has 1 saturated heterocycles. The molecule has 0 atom stereocenters. The summed E-state index contributed by atoms with van der Waals surface area (Å²) in [5, 5.41) is 0. The number of nitrogens with zero attached hydrogens (tertiary/aromatic N) is 2. The molecule has 0 aliphatic carbocycles. The fourth-order valence-corrected chi connectivity index (χ4v) is 2.65. The van der Waals surface area contributed by atoms with Crippen molar-refractivity contribution < 1.29 is 14.0 Å². The summed E-state index contributed by atoms with van der Waals surface area (Å²) in [4.78, 5) is 28.2. The third kappa shape index (κ3) is 2.74. The molecule has 3 rings (SSSR count). The molecule has 5 heteroatoms. The summed E-state index contributed by atoms with van der Waals surface area (Å²) < 4.78 is 5.14. The molecule has 1 aliphatic rings. The maximum Gasteiger partial charge on any atom is 0.289 e. The lowest BCUT2D eigenvalue weighted by molar-refractivity contribution is 0.0517. The van der Waals surface area contributed by atoms with E-state index >= 15 is 0 Å². The minimum atomic E-state index is -0.118. The second-order valence-electron chi connectivity index (χ2n) is 5.38. The zero-order chi connectivity index (χ0) is 15.5. The van der Waals surface area contributed by atoms with Gasteiger partial charge in [-0.3, -0.25) is 9.59 Å². The second-order valence-corrected chi connectivity index (χ2v) is 5.38. The Morgan fingerprint density at radius 3 is 2.14 bits per heavy atom. The van der Waals surface area contributed by atoms with Crippen LogP contribution in [0.1, 0.15) is 26.5 Å². The molecule has 114 valence electrons. The molecular weight excluding hydrogens is 280 g/mol. The molecule has 0 radical (unpaired) electrons. The van der Waals surface area contributed by atoms with Crippen LogP contribution in [0.2, 0.25) is 0 Å². The number of amides is 2. The quantitative estimate of drug-likeness (QED) is 0.854. The van der Waals surface area contributed by atoms with Gasteiger partial charge in [-0.05, 0) is 30.7 Å². The number of carbonyl (C=O) groups excluding carboxylic acids is 2. The monoisotopic (exact) mass is 298 g/mol. The first-order valence-corrected chi connectivity index (χ1v) is 7.34. The van der Waals surface area contributed by atoms with Crippen LogP contribution in [-0.4, -0.2) is 47.8 Å². The minimum absolute atomic E-state index is 0.0307. The molecule has 1 aromatic carbocycles. The highest BCUT2D eigenvalue weighted by Gasteiger charge is 2.26. The SMILES string of the molecule is Cc1ccccc1C(=O)N1CCN(C(=O)c2ccco2)CC1. The van der Waals surface area contributed by atoms with Gasteiger partial charge >= 0.3 is 0 Å². The average Bonchev–Trinajstić information content (AvgIpc) is 3.09. The maximum absolute atomic E-state index is 12.5. The first-order chi connectivity index (χ1) is 10.7. The minimum Gasteiger partial charge on any atom is -0.459 e. The van der Waals surface area contributed by atoms with Crippen LogP contribution in [0.3, 0.4) is 0 Å². The number of carbonyl (C=O) groups is 2. The number of benzene rings is 1. The maximum atomic E-state index is 12.5. The molecule has 0 spiro atoms. The molecule has 2 heterocycles. The Bertz CT molecular complexity index is 671. The second kappa shape index (κ2) is 6.05.